The Bertz CT molecular complexity index is 619. The van der Waals surface area contributed by atoms with Gasteiger partial charge in [0.2, 0.25) is 0 Å². The molecule has 0 aliphatic heterocycles. The Morgan fingerprint density at radius 3 is 2.67 bits per heavy atom. The van der Waals surface area contributed by atoms with E-state index in [2.05, 4.69) is 10.4 Å². The Labute approximate surface area is 122 Å². The van der Waals surface area contributed by atoms with Crippen LogP contribution in [-0.4, -0.2) is 32.5 Å². The number of nitrogens with zero attached hydrogens (tertiary/aromatic N) is 3. The molecule has 1 aromatic heterocycles. The first kappa shape index (κ1) is 15.0. The number of rotatable bonds is 6. The predicted octanol–water partition coefficient (Wildman–Crippen LogP) is 1.88. The third-order valence-electron chi connectivity index (χ3n) is 3.22. The number of aliphatic hydroxyl groups is 1. The molecule has 0 aliphatic rings. The van der Waals surface area contributed by atoms with E-state index in [0.717, 1.165) is 16.8 Å². The Hall–Kier alpha value is -2.41. The number of aryl methyl sites for hydroxylation is 2. The molecule has 7 heteroatoms. The van der Waals surface area contributed by atoms with E-state index in [-0.39, 0.29) is 12.2 Å². The molecule has 7 nitrogen and oxygen atoms in total. The summed E-state index contributed by atoms with van der Waals surface area (Å²) in [6.45, 7) is 4.54. The molecule has 1 unspecified atom stereocenters. The highest BCUT2D eigenvalue weighted by molar-refractivity contribution is 5.56. The summed E-state index contributed by atoms with van der Waals surface area (Å²) in [6, 6.07) is 5.98. The summed E-state index contributed by atoms with van der Waals surface area (Å²) in [5.74, 6) is 0. The largest absolute Gasteiger partial charge is 0.389 e. The molecule has 0 bridgehead atoms. The first-order valence-electron chi connectivity index (χ1n) is 6.62. The molecular weight excluding hydrogens is 272 g/mol. The zero-order valence-corrected chi connectivity index (χ0v) is 12.0. The van der Waals surface area contributed by atoms with Gasteiger partial charge in [-0.3, -0.25) is 14.8 Å². The number of anilines is 1. The van der Waals surface area contributed by atoms with Crippen molar-refractivity contribution in [1.82, 2.24) is 9.78 Å². The van der Waals surface area contributed by atoms with Crippen LogP contribution in [0.2, 0.25) is 0 Å². The van der Waals surface area contributed by atoms with Gasteiger partial charge in [-0.2, -0.15) is 5.10 Å². The summed E-state index contributed by atoms with van der Waals surface area (Å²) in [7, 11) is 0. The van der Waals surface area contributed by atoms with Crippen LogP contribution in [0.25, 0.3) is 0 Å². The normalized spacial score (nSPS) is 12.1. The first-order chi connectivity index (χ1) is 9.97. The van der Waals surface area contributed by atoms with E-state index >= 15 is 0 Å². The number of hydrogen-bond acceptors (Lipinski definition) is 5. The van der Waals surface area contributed by atoms with E-state index in [4.69, 9.17) is 0 Å². The summed E-state index contributed by atoms with van der Waals surface area (Å²) in [4.78, 5) is 10.1. The lowest BCUT2D eigenvalue weighted by molar-refractivity contribution is -0.385. The van der Waals surface area contributed by atoms with Crippen LogP contribution in [0.1, 0.15) is 11.1 Å². The highest BCUT2D eigenvalue weighted by Crippen LogP contribution is 2.19. The Kier molecular flexibility index (Phi) is 4.54. The van der Waals surface area contributed by atoms with Gasteiger partial charge in [0.15, 0.2) is 0 Å². The fourth-order valence-electron chi connectivity index (χ4n) is 2.14. The molecule has 0 spiro atoms. The van der Waals surface area contributed by atoms with Crippen molar-refractivity contribution in [2.45, 2.75) is 26.5 Å². The summed E-state index contributed by atoms with van der Waals surface area (Å²) in [6.07, 6.45) is 1.79. The third kappa shape index (κ3) is 3.79. The number of benzene rings is 1. The van der Waals surface area contributed by atoms with Crippen LogP contribution >= 0.6 is 0 Å². The quantitative estimate of drug-likeness (QED) is 0.626. The van der Waals surface area contributed by atoms with Crippen molar-refractivity contribution in [3.05, 3.63) is 51.8 Å². The smallest absolute Gasteiger partial charge is 0.306 e. The topological polar surface area (TPSA) is 93.2 Å². The zero-order valence-electron chi connectivity index (χ0n) is 12.0. The maximum Gasteiger partial charge on any atom is 0.306 e. The van der Waals surface area contributed by atoms with E-state index in [1.165, 1.54) is 17.1 Å². The van der Waals surface area contributed by atoms with E-state index in [1.807, 2.05) is 32.0 Å². The van der Waals surface area contributed by atoms with Gasteiger partial charge in [0, 0.05) is 12.2 Å². The molecule has 1 aromatic carbocycles. The third-order valence-corrected chi connectivity index (χ3v) is 3.22. The van der Waals surface area contributed by atoms with Crippen molar-refractivity contribution in [1.29, 1.82) is 0 Å². The van der Waals surface area contributed by atoms with Gasteiger partial charge < -0.3 is 10.4 Å². The minimum Gasteiger partial charge on any atom is -0.389 e. The number of aliphatic hydroxyl groups excluding tert-OH is 1. The lowest BCUT2D eigenvalue weighted by Gasteiger charge is -2.16. The second-order valence-electron chi connectivity index (χ2n) is 4.98. The van der Waals surface area contributed by atoms with Crippen molar-refractivity contribution in [2.75, 3.05) is 11.9 Å². The van der Waals surface area contributed by atoms with Crippen molar-refractivity contribution >= 4 is 11.4 Å². The number of hydrogen-bond donors (Lipinski definition) is 2. The molecule has 2 aromatic rings. The molecule has 0 aliphatic carbocycles. The molecule has 0 radical (unpaired) electrons. The molecular formula is C14H18N4O3. The molecule has 1 heterocycles. The molecule has 0 fully saturated rings. The second-order valence-corrected chi connectivity index (χ2v) is 4.98. The fourth-order valence-corrected chi connectivity index (χ4v) is 2.14. The van der Waals surface area contributed by atoms with Crippen molar-refractivity contribution in [3.63, 3.8) is 0 Å². The highest BCUT2D eigenvalue weighted by atomic mass is 16.6. The average Bonchev–Trinajstić information content (AvgIpc) is 2.87. The minimum atomic E-state index is -0.691. The Morgan fingerprint density at radius 2 is 2.10 bits per heavy atom. The van der Waals surface area contributed by atoms with Gasteiger partial charge in [-0.05, 0) is 25.0 Å². The zero-order chi connectivity index (χ0) is 15.4. The summed E-state index contributed by atoms with van der Waals surface area (Å²) >= 11 is 0. The standard InChI is InChI=1S/C14H18N4O3/c1-10-4-3-5-11(2)14(10)15-7-13(19)9-17-8-12(6-16-17)18(20)21/h3-6,8,13,15,19H,7,9H2,1-2H3. The van der Waals surface area contributed by atoms with Gasteiger partial charge in [-0.15, -0.1) is 0 Å². The number of nitro groups is 1. The fraction of sp³-hybridized carbons (Fsp3) is 0.357. The number of aromatic nitrogens is 2. The molecule has 0 saturated carbocycles. The summed E-state index contributed by atoms with van der Waals surface area (Å²) < 4.78 is 1.37. The summed E-state index contributed by atoms with van der Waals surface area (Å²) in [5.41, 5.74) is 3.14. The van der Waals surface area contributed by atoms with Crippen LogP contribution < -0.4 is 5.32 Å². The van der Waals surface area contributed by atoms with E-state index < -0.39 is 11.0 Å². The van der Waals surface area contributed by atoms with Gasteiger partial charge >= 0.3 is 5.69 Å². The molecule has 0 saturated heterocycles. The Balaban J connectivity index is 1.92. The molecule has 21 heavy (non-hydrogen) atoms. The van der Waals surface area contributed by atoms with Crippen LogP contribution in [0.5, 0.6) is 0 Å². The van der Waals surface area contributed by atoms with Crippen molar-refractivity contribution < 1.29 is 10.0 Å². The maximum absolute atomic E-state index is 10.6. The number of nitrogens with one attached hydrogen (secondary N) is 1. The van der Waals surface area contributed by atoms with Gasteiger partial charge in [0.05, 0.1) is 17.6 Å². The van der Waals surface area contributed by atoms with Crippen LogP contribution in [0.4, 0.5) is 11.4 Å². The van der Waals surface area contributed by atoms with Crippen LogP contribution in [0, 0.1) is 24.0 Å². The summed E-state index contributed by atoms with van der Waals surface area (Å²) in [5, 5.41) is 27.6. The molecule has 1 atom stereocenters. The minimum absolute atomic E-state index is 0.0788. The lowest BCUT2D eigenvalue weighted by Crippen LogP contribution is -2.25. The van der Waals surface area contributed by atoms with Gasteiger partial charge in [-0.1, -0.05) is 18.2 Å². The highest BCUT2D eigenvalue weighted by Gasteiger charge is 2.12. The van der Waals surface area contributed by atoms with Gasteiger partial charge in [-0.25, -0.2) is 0 Å². The monoisotopic (exact) mass is 290 g/mol. The SMILES string of the molecule is Cc1cccc(C)c1NCC(O)Cn1cc([N+](=O)[O-])cn1. The van der Waals surface area contributed by atoms with Gasteiger partial charge in [0.1, 0.15) is 12.4 Å². The van der Waals surface area contributed by atoms with Crippen molar-refractivity contribution in [3.8, 4) is 0 Å². The van der Waals surface area contributed by atoms with Crippen LogP contribution in [-0.2, 0) is 6.54 Å². The van der Waals surface area contributed by atoms with Gasteiger partial charge in [0.25, 0.3) is 0 Å². The van der Waals surface area contributed by atoms with E-state index in [1.54, 1.807) is 0 Å². The molecule has 2 rings (SSSR count). The van der Waals surface area contributed by atoms with Crippen molar-refractivity contribution in [2.24, 2.45) is 0 Å². The average molecular weight is 290 g/mol. The molecule has 112 valence electrons. The van der Waals surface area contributed by atoms with E-state index in [0.29, 0.717) is 6.54 Å². The number of para-hydroxylation sites is 1. The predicted molar refractivity (Wildman–Crippen MR) is 79.3 cm³/mol. The second kappa shape index (κ2) is 6.36. The first-order valence-corrected chi connectivity index (χ1v) is 6.62. The molecule has 0 amide bonds. The van der Waals surface area contributed by atoms with Crippen LogP contribution in [0.3, 0.4) is 0 Å². The molecule has 2 N–H and O–H groups in total. The van der Waals surface area contributed by atoms with Crippen LogP contribution in [0.15, 0.2) is 30.6 Å². The van der Waals surface area contributed by atoms with E-state index in [9.17, 15) is 15.2 Å². The Morgan fingerprint density at radius 1 is 1.43 bits per heavy atom. The lowest BCUT2D eigenvalue weighted by atomic mass is 10.1. The maximum atomic E-state index is 10.6.